The maximum Gasteiger partial charge on any atom is 0.394 e. The van der Waals surface area contributed by atoms with Gasteiger partial charge in [-0.3, -0.25) is 0 Å². The minimum absolute atomic E-state index is 0.452. The summed E-state index contributed by atoms with van der Waals surface area (Å²) in [6, 6.07) is 0. The third kappa shape index (κ3) is 2.15. The standard InChI is InChI=1S/C10H14F6/c1-7(9(11,12)13)3-5-8(2,6-4-7)10(14,15)16/h3-6H2,1-2H3. The molecule has 0 spiro atoms. The molecule has 0 N–H and O–H groups in total. The van der Waals surface area contributed by atoms with Crippen LogP contribution in [0.2, 0.25) is 0 Å². The van der Waals surface area contributed by atoms with Crippen LogP contribution in [0.4, 0.5) is 26.3 Å². The molecule has 0 amide bonds. The van der Waals surface area contributed by atoms with Crippen LogP contribution in [0.1, 0.15) is 39.5 Å². The summed E-state index contributed by atoms with van der Waals surface area (Å²) in [4.78, 5) is 0. The average molecular weight is 248 g/mol. The molecule has 0 aromatic heterocycles. The lowest BCUT2D eigenvalue weighted by molar-refractivity contribution is -0.269. The van der Waals surface area contributed by atoms with Crippen LogP contribution in [0.15, 0.2) is 0 Å². The van der Waals surface area contributed by atoms with Gasteiger partial charge in [0.05, 0.1) is 10.8 Å². The Hall–Kier alpha value is -0.420. The number of hydrogen-bond acceptors (Lipinski definition) is 0. The Morgan fingerprint density at radius 2 is 0.812 bits per heavy atom. The van der Waals surface area contributed by atoms with E-state index in [1.165, 1.54) is 0 Å². The van der Waals surface area contributed by atoms with E-state index in [1.54, 1.807) is 0 Å². The van der Waals surface area contributed by atoms with Gasteiger partial charge in [-0.1, -0.05) is 13.8 Å². The van der Waals surface area contributed by atoms with Gasteiger partial charge in [-0.2, -0.15) is 26.3 Å². The smallest absolute Gasteiger partial charge is 0.171 e. The van der Waals surface area contributed by atoms with Crippen molar-refractivity contribution in [1.29, 1.82) is 0 Å². The molecule has 0 saturated heterocycles. The summed E-state index contributed by atoms with van der Waals surface area (Å²) in [6.45, 7) is 2.01. The quantitative estimate of drug-likeness (QED) is 0.545. The molecule has 6 heteroatoms. The molecule has 0 heterocycles. The fourth-order valence-electron chi connectivity index (χ4n) is 1.92. The van der Waals surface area contributed by atoms with Crippen molar-refractivity contribution >= 4 is 0 Å². The van der Waals surface area contributed by atoms with Crippen molar-refractivity contribution in [3.63, 3.8) is 0 Å². The van der Waals surface area contributed by atoms with Crippen molar-refractivity contribution in [3.05, 3.63) is 0 Å². The lowest BCUT2D eigenvalue weighted by Crippen LogP contribution is -2.46. The zero-order valence-electron chi connectivity index (χ0n) is 9.10. The van der Waals surface area contributed by atoms with Gasteiger partial charge in [0, 0.05) is 0 Å². The van der Waals surface area contributed by atoms with E-state index in [9.17, 15) is 26.3 Å². The number of alkyl halides is 6. The Morgan fingerprint density at radius 1 is 0.625 bits per heavy atom. The first-order chi connectivity index (χ1) is 6.91. The molecule has 16 heavy (non-hydrogen) atoms. The monoisotopic (exact) mass is 248 g/mol. The molecule has 0 nitrogen and oxygen atoms in total. The molecule has 1 fully saturated rings. The van der Waals surface area contributed by atoms with E-state index >= 15 is 0 Å². The third-order valence-corrected chi connectivity index (χ3v) is 3.83. The number of rotatable bonds is 0. The van der Waals surface area contributed by atoms with E-state index in [4.69, 9.17) is 0 Å². The largest absolute Gasteiger partial charge is 0.394 e. The van der Waals surface area contributed by atoms with Crippen LogP contribution in [0.5, 0.6) is 0 Å². The molecule has 96 valence electrons. The van der Waals surface area contributed by atoms with E-state index in [1.807, 2.05) is 0 Å². The van der Waals surface area contributed by atoms with E-state index in [2.05, 4.69) is 0 Å². The maximum atomic E-state index is 12.6. The van der Waals surface area contributed by atoms with Crippen LogP contribution >= 0.6 is 0 Å². The van der Waals surface area contributed by atoms with Gasteiger partial charge >= 0.3 is 12.4 Å². The van der Waals surface area contributed by atoms with E-state index < -0.39 is 48.9 Å². The second kappa shape index (κ2) is 3.53. The summed E-state index contributed by atoms with van der Waals surface area (Å²) in [5.41, 5.74) is -3.92. The van der Waals surface area contributed by atoms with Gasteiger partial charge in [0.25, 0.3) is 0 Å². The highest BCUT2D eigenvalue weighted by Gasteiger charge is 2.59. The summed E-state index contributed by atoms with van der Waals surface area (Å²) in [6.07, 6.45) is -10.6. The Labute approximate surface area is 90.0 Å². The van der Waals surface area contributed by atoms with Crippen molar-refractivity contribution in [3.8, 4) is 0 Å². The molecule has 0 aromatic carbocycles. The lowest BCUT2D eigenvalue weighted by Gasteiger charge is -2.44. The van der Waals surface area contributed by atoms with E-state index in [0.29, 0.717) is 0 Å². The van der Waals surface area contributed by atoms with Crippen LogP contribution in [-0.4, -0.2) is 12.4 Å². The van der Waals surface area contributed by atoms with Gasteiger partial charge in [-0.15, -0.1) is 0 Å². The SMILES string of the molecule is CC1(C(F)(F)F)CCC(C)(C(F)(F)F)CC1. The fraction of sp³-hybridized carbons (Fsp3) is 1.00. The van der Waals surface area contributed by atoms with Gasteiger partial charge in [-0.25, -0.2) is 0 Å². The Balaban J connectivity index is 2.79. The molecule has 1 rings (SSSR count). The van der Waals surface area contributed by atoms with Crippen LogP contribution in [-0.2, 0) is 0 Å². The van der Waals surface area contributed by atoms with E-state index in [-0.39, 0.29) is 0 Å². The first kappa shape index (κ1) is 13.6. The maximum absolute atomic E-state index is 12.6. The highest BCUT2D eigenvalue weighted by molar-refractivity contribution is 4.95. The first-order valence-corrected chi connectivity index (χ1v) is 5.05. The predicted molar refractivity (Wildman–Crippen MR) is 46.8 cm³/mol. The van der Waals surface area contributed by atoms with Gasteiger partial charge in [0.2, 0.25) is 0 Å². The summed E-state index contributed by atoms with van der Waals surface area (Å²) >= 11 is 0. The average Bonchev–Trinajstić information content (AvgIpc) is 2.07. The van der Waals surface area contributed by atoms with Gasteiger partial charge < -0.3 is 0 Å². The number of halogens is 6. The molecule has 0 unspecified atom stereocenters. The van der Waals surface area contributed by atoms with Crippen molar-refractivity contribution in [2.75, 3.05) is 0 Å². The molecule has 1 aliphatic rings. The highest BCUT2D eigenvalue weighted by atomic mass is 19.4. The zero-order chi connectivity index (χ0) is 12.8. The molecular formula is C10H14F6. The van der Waals surface area contributed by atoms with Crippen molar-refractivity contribution in [2.24, 2.45) is 10.8 Å². The van der Waals surface area contributed by atoms with E-state index in [0.717, 1.165) is 13.8 Å². The zero-order valence-corrected chi connectivity index (χ0v) is 9.10. The topological polar surface area (TPSA) is 0 Å². The van der Waals surface area contributed by atoms with Gasteiger partial charge in [-0.05, 0) is 25.7 Å². The lowest BCUT2D eigenvalue weighted by atomic mass is 9.64. The first-order valence-electron chi connectivity index (χ1n) is 5.05. The van der Waals surface area contributed by atoms with Crippen molar-refractivity contribution in [2.45, 2.75) is 51.9 Å². The minimum atomic E-state index is -4.42. The molecule has 0 bridgehead atoms. The molecule has 1 saturated carbocycles. The van der Waals surface area contributed by atoms with Crippen LogP contribution in [0.25, 0.3) is 0 Å². The van der Waals surface area contributed by atoms with Gasteiger partial charge in [0.15, 0.2) is 0 Å². The van der Waals surface area contributed by atoms with Gasteiger partial charge in [0.1, 0.15) is 0 Å². The summed E-state index contributed by atoms with van der Waals surface area (Å²) in [5, 5.41) is 0. The normalized spacial score (nSPS) is 37.5. The Morgan fingerprint density at radius 3 is 0.938 bits per heavy atom. The molecule has 1 aliphatic carbocycles. The summed E-state index contributed by atoms with van der Waals surface area (Å²) in [5.74, 6) is 0. The minimum Gasteiger partial charge on any atom is -0.171 e. The van der Waals surface area contributed by atoms with Crippen molar-refractivity contribution in [1.82, 2.24) is 0 Å². The van der Waals surface area contributed by atoms with Crippen LogP contribution < -0.4 is 0 Å². The fourth-order valence-corrected chi connectivity index (χ4v) is 1.92. The Bertz CT molecular complexity index is 225. The predicted octanol–water partition coefficient (Wildman–Crippen LogP) is 4.70. The molecule has 0 aliphatic heterocycles. The molecule has 0 atom stereocenters. The molecular weight excluding hydrogens is 234 g/mol. The van der Waals surface area contributed by atoms with Crippen molar-refractivity contribution < 1.29 is 26.3 Å². The summed E-state index contributed by atoms with van der Waals surface area (Å²) < 4.78 is 75.6. The molecule has 0 aromatic rings. The second-order valence-corrected chi connectivity index (χ2v) is 5.12. The molecule has 0 radical (unpaired) electrons. The summed E-state index contributed by atoms with van der Waals surface area (Å²) in [7, 11) is 0. The van der Waals surface area contributed by atoms with Crippen LogP contribution in [0, 0.1) is 10.8 Å². The Kier molecular flexibility index (Phi) is 3.01. The second-order valence-electron chi connectivity index (χ2n) is 5.12. The highest BCUT2D eigenvalue weighted by Crippen LogP contribution is 2.57. The third-order valence-electron chi connectivity index (χ3n) is 3.83. The number of hydrogen-bond donors (Lipinski definition) is 0. The van der Waals surface area contributed by atoms with Crippen LogP contribution in [0.3, 0.4) is 0 Å².